The summed E-state index contributed by atoms with van der Waals surface area (Å²) in [5.74, 6) is 4.29. The minimum absolute atomic E-state index is 0.0947. The highest BCUT2D eigenvalue weighted by Gasteiger charge is 2.43. The first-order valence-corrected chi connectivity index (χ1v) is 43.2. The summed E-state index contributed by atoms with van der Waals surface area (Å²) in [6.07, 6.45) is 19.2. The number of H-pyrrole nitrogens is 4. The predicted octanol–water partition coefficient (Wildman–Crippen LogP) is 13.8. The number of amides is 6. The molecular weight excluding hydrogens is 1620 g/mol. The zero-order valence-corrected chi connectivity index (χ0v) is 69.5. The number of likely N-dealkylation sites (tertiary alicyclic amines) is 4. The molecule has 0 aliphatic carbocycles. The number of nitrogens with zero attached hydrogens (tertiary/aromatic N) is 12. The monoisotopic (exact) mass is 1700 g/mol. The van der Waals surface area contributed by atoms with Gasteiger partial charge in [0, 0.05) is 105 Å². The third kappa shape index (κ3) is 15.1. The molecule has 14 heterocycles. The summed E-state index contributed by atoms with van der Waals surface area (Å²) >= 11 is 0. The van der Waals surface area contributed by atoms with E-state index in [9.17, 15) is 28.8 Å². The molecule has 6 aromatic heterocycles. The molecule has 30 nitrogen and oxygen atoms in total. The van der Waals surface area contributed by atoms with E-state index in [4.69, 9.17) is 50.4 Å². The van der Waals surface area contributed by atoms with Crippen molar-refractivity contribution in [2.45, 2.75) is 126 Å². The summed E-state index contributed by atoms with van der Waals surface area (Å²) in [7, 11) is 0. The van der Waals surface area contributed by atoms with Crippen molar-refractivity contribution in [2.24, 2.45) is 11.5 Å². The summed E-state index contributed by atoms with van der Waals surface area (Å²) in [6.45, 7) is 3.69. The highest BCUT2D eigenvalue weighted by Crippen LogP contribution is 2.54. The number of carbonyl (C=O) groups excluding carboxylic acids is 6. The van der Waals surface area contributed by atoms with Crippen molar-refractivity contribution >= 4 is 35.4 Å². The maximum atomic E-state index is 14.4. The van der Waals surface area contributed by atoms with Gasteiger partial charge in [0.05, 0.1) is 71.7 Å². The van der Waals surface area contributed by atoms with Crippen molar-refractivity contribution in [1.82, 2.24) is 90.0 Å². The van der Waals surface area contributed by atoms with Crippen molar-refractivity contribution in [2.75, 3.05) is 26.2 Å². The Bertz CT molecular complexity index is 6100. The number of carbonyl (C=O) groups is 6. The number of aromatic nitrogens is 12. The van der Waals surface area contributed by atoms with Gasteiger partial charge in [0.2, 0.25) is 23.6 Å². The normalized spacial score (nSPS) is 18.1. The van der Waals surface area contributed by atoms with E-state index in [1.54, 1.807) is 22.2 Å². The van der Waals surface area contributed by atoms with Gasteiger partial charge in [-0.05, 0) is 134 Å². The summed E-state index contributed by atoms with van der Waals surface area (Å²) in [4.78, 5) is 139. The van der Waals surface area contributed by atoms with Crippen LogP contribution in [0.15, 0.2) is 232 Å². The fourth-order valence-electron chi connectivity index (χ4n) is 19.3. The number of nitrogens with one attached hydrogen (secondary N) is 6. The van der Waals surface area contributed by atoms with Gasteiger partial charge in [0.15, 0.2) is 0 Å². The molecule has 0 radical (unpaired) electrons. The summed E-state index contributed by atoms with van der Waals surface area (Å²) in [5, 5.41) is 5.84. The van der Waals surface area contributed by atoms with Gasteiger partial charge in [-0.1, -0.05) is 121 Å². The zero-order valence-electron chi connectivity index (χ0n) is 69.5. The molecule has 10 N–H and O–H groups in total. The molecule has 30 heteroatoms. The summed E-state index contributed by atoms with van der Waals surface area (Å²) in [6, 6.07) is 52.8. The lowest BCUT2D eigenvalue weighted by molar-refractivity contribution is -0.135. The molecule has 8 atom stereocenters. The van der Waals surface area contributed by atoms with Crippen LogP contribution in [0.2, 0.25) is 0 Å². The smallest absolute Gasteiger partial charge is 0.270 e. The van der Waals surface area contributed by atoms with E-state index in [1.165, 1.54) is 37.2 Å². The van der Waals surface area contributed by atoms with Crippen LogP contribution >= 0.6 is 0 Å². The van der Waals surface area contributed by atoms with Crippen LogP contribution in [0.25, 0.3) is 67.3 Å². The van der Waals surface area contributed by atoms with Gasteiger partial charge in [-0.25, -0.2) is 39.9 Å². The Morgan fingerprint density at radius 2 is 0.617 bits per heavy atom. The topological polar surface area (TPSA) is 395 Å². The third-order valence-corrected chi connectivity index (χ3v) is 25.6. The second-order valence-corrected chi connectivity index (χ2v) is 33.3. The molecule has 0 spiro atoms. The fourth-order valence-corrected chi connectivity index (χ4v) is 19.3. The summed E-state index contributed by atoms with van der Waals surface area (Å²) in [5.41, 5.74) is 31.1. The van der Waals surface area contributed by atoms with Gasteiger partial charge in [-0.2, -0.15) is 0 Å². The van der Waals surface area contributed by atoms with E-state index in [2.05, 4.69) is 86.9 Å². The van der Waals surface area contributed by atoms with Crippen molar-refractivity contribution in [1.29, 1.82) is 0 Å². The van der Waals surface area contributed by atoms with Crippen LogP contribution < -0.4 is 41.0 Å². The number of ether oxygens (including phenoxy) is 4. The van der Waals surface area contributed by atoms with Gasteiger partial charge in [-0.3, -0.25) is 28.8 Å². The standard InChI is InChI=1S/C54H46N12O6.C44H42N8O4/c67-51(37-15-17-55-29-59-37)63-47(31-9-3-1-4-10-31)53(69)65-19-7-13-41(65)49-57-25-39(61-49)33-21-35-27-72-44-24-34(22-36-28-71-43(23-33)45(35)46(36)44)40-26-58-50(62-40)42-14-8-20-66(42)54(70)48(32-11-5-2-6-12-32)64-52(68)38-16-18-56-30-60-38;45-39(25-9-3-1-4-10-25)43(53)51-15-7-13-33(51)41-47-21-31(49-41)27-17-29-23-56-36-20-28(18-30-24-55-35(19-27)37(29)38(30)36)32-22-48-42(50-32)34-14-8-16-52(34)44(54)40(46)26-11-5-2-6-12-26/h1-6,9-12,15-18,21-26,29-30,41-42,47-48H,7-8,13-14,19-20,27-28H2,(H,57,61)(H,58,62)(H,63,67)(H,64,68);1-6,9-12,17-22,33-34,39-40H,7-8,13-16,23-24,45-46H2,(H,47,49)(H,48,50)/t41-,42-,47+,48?;33-,34-,39+,40+/m00/s1. The van der Waals surface area contributed by atoms with Crippen LogP contribution in [0.5, 0.6) is 23.0 Å². The van der Waals surface area contributed by atoms with Crippen LogP contribution in [0.1, 0.15) is 188 Å². The molecule has 0 bridgehead atoms. The van der Waals surface area contributed by atoms with Gasteiger partial charge in [-0.15, -0.1) is 0 Å². The molecule has 640 valence electrons. The summed E-state index contributed by atoms with van der Waals surface area (Å²) < 4.78 is 25.9. The number of nitrogens with two attached hydrogens (primary N) is 2. The van der Waals surface area contributed by atoms with Crippen LogP contribution in [0, 0.1) is 0 Å². The molecule has 8 aromatic carbocycles. The third-order valence-electron chi connectivity index (χ3n) is 25.6. The van der Waals surface area contributed by atoms with E-state index in [0.717, 1.165) is 174 Å². The molecule has 8 aliphatic rings. The van der Waals surface area contributed by atoms with Crippen molar-refractivity contribution in [3.8, 4) is 90.3 Å². The molecule has 4 fully saturated rings. The minimum Gasteiger partial charge on any atom is -0.488 e. The molecule has 14 aromatic rings. The maximum absolute atomic E-state index is 14.4. The van der Waals surface area contributed by atoms with Gasteiger partial charge >= 0.3 is 0 Å². The quantitative estimate of drug-likeness (QED) is 0.0351. The Balaban J connectivity index is 0.000000160. The highest BCUT2D eigenvalue weighted by atomic mass is 16.5. The molecule has 0 saturated carbocycles. The van der Waals surface area contributed by atoms with E-state index in [1.807, 2.05) is 156 Å². The van der Waals surface area contributed by atoms with E-state index in [0.29, 0.717) is 88.2 Å². The maximum Gasteiger partial charge on any atom is 0.270 e. The fraction of sp³-hybridized carbons (Fsp3) is 0.245. The molecule has 4 saturated heterocycles. The lowest BCUT2D eigenvalue weighted by atomic mass is 9.87. The number of benzene rings is 8. The highest BCUT2D eigenvalue weighted by molar-refractivity contribution is 5.98. The number of rotatable bonds is 20. The van der Waals surface area contributed by atoms with Crippen LogP contribution in [0.3, 0.4) is 0 Å². The lowest BCUT2D eigenvalue weighted by Crippen LogP contribution is -2.43. The first-order chi connectivity index (χ1) is 62.7. The van der Waals surface area contributed by atoms with E-state index < -0.39 is 36.0 Å². The van der Waals surface area contributed by atoms with Crippen molar-refractivity contribution in [3.05, 3.63) is 311 Å². The zero-order chi connectivity index (χ0) is 86.6. The first-order valence-electron chi connectivity index (χ1n) is 43.2. The van der Waals surface area contributed by atoms with Crippen LogP contribution in [-0.4, -0.2) is 141 Å². The van der Waals surface area contributed by atoms with Crippen LogP contribution in [-0.2, 0) is 45.6 Å². The van der Waals surface area contributed by atoms with Crippen molar-refractivity contribution < 1.29 is 47.7 Å². The van der Waals surface area contributed by atoms with Gasteiger partial charge in [0.25, 0.3) is 11.8 Å². The average Bonchev–Trinajstić information content (AvgIpc) is 1.64. The molecule has 1 unspecified atom stereocenters. The number of hydrogen-bond donors (Lipinski definition) is 8. The average molecular weight is 1710 g/mol. The van der Waals surface area contributed by atoms with Crippen molar-refractivity contribution in [3.63, 3.8) is 0 Å². The Morgan fingerprint density at radius 1 is 0.344 bits per heavy atom. The number of hydrogen-bond acceptors (Lipinski definition) is 20. The Hall–Kier alpha value is -15.3. The SMILES string of the molecule is N[C@@H](C(=O)N1CCC[C@H]1c1ncc(-c2cc3c4c(c2)OCc2cc(-c5cnc([C@@H]6CCCN6C(=O)[C@H](N)c6ccccc6)[nH]5)cc(c2-4)OC3)[nH]1)c1ccccc1.O=C(NC(C(=O)N1CCC[C@H]1c1ncc(-c2cc3c4c(c2)OCc2cc(-c5cnc([C@@H]6CCCN6C(=O)[C@H](NC(=O)c6ccncn6)c6ccccc6)[nH]5)cc(c2-4)OC3)[nH]1)c1ccccc1)c1ccncn1. The Kier molecular flexibility index (Phi) is 21.2. The second kappa shape index (κ2) is 34.0. The number of aromatic amines is 4. The Labute approximate surface area is 734 Å². The number of imidazole rings is 4. The first kappa shape index (κ1) is 79.9. The second-order valence-electron chi connectivity index (χ2n) is 33.3. The minimum atomic E-state index is -0.936. The van der Waals surface area contributed by atoms with Gasteiger partial charge in [0.1, 0.15) is 121 Å². The molecular formula is C98H88N20O10. The Morgan fingerprint density at radius 3 is 0.891 bits per heavy atom. The predicted molar refractivity (Wildman–Crippen MR) is 470 cm³/mol. The van der Waals surface area contributed by atoms with Crippen LogP contribution in [0.4, 0.5) is 0 Å². The molecule has 6 amide bonds. The molecule has 128 heavy (non-hydrogen) atoms. The van der Waals surface area contributed by atoms with E-state index in [-0.39, 0.29) is 59.2 Å². The van der Waals surface area contributed by atoms with Gasteiger partial charge < -0.3 is 80.6 Å². The molecule has 22 rings (SSSR count). The van der Waals surface area contributed by atoms with E-state index >= 15 is 0 Å². The molecule has 8 aliphatic heterocycles. The largest absolute Gasteiger partial charge is 0.488 e. The lowest BCUT2D eigenvalue weighted by Gasteiger charge is -2.30.